The Morgan fingerprint density at radius 2 is 2.04 bits per heavy atom. The van der Waals surface area contributed by atoms with E-state index >= 15 is 0 Å². The molecule has 3 rings (SSSR count). The van der Waals surface area contributed by atoms with Gasteiger partial charge in [0.2, 0.25) is 5.69 Å². The molecule has 0 aliphatic carbocycles. The SMILES string of the molecule is CCOc1ccc(N=Cc2sc3sc(C(C)=O)c(C)[n+]3c2O)cc1. The molecule has 0 radical (unpaired) electrons. The maximum absolute atomic E-state index is 11.6. The number of Topliss-reactive ketones (excluding diaryl/α,β-unsaturated/α-hetero) is 1. The minimum Gasteiger partial charge on any atom is -0.494 e. The quantitative estimate of drug-likeness (QED) is 0.426. The molecule has 0 unspecified atom stereocenters. The summed E-state index contributed by atoms with van der Waals surface area (Å²) < 4.78 is 7.96. The molecule has 124 valence electrons. The van der Waals surface area contributed by atoms with Gasteiger partial charge in [-0.3, -0.25) is 9.79 Å². The molecule has 0 bridgehead atoms. The van der Waals surface area contributed by atoms with E-state index < -0.39 is 0 Å². The van der Waals surface area contributed by atoms with Gasteiger partial charge in [-0.15, -0.1) is 4.40 Å². The average molecular weight is 361 g/mol. The first-order chi connectivity index (χ1) is 11.5. The van der Waals surface area contributed by atoms with Crippen LogP contribution in [0, 0.1) is 6.92 Å². The normalized spacial score (nSPS) is 11.5. The Hall–Kier alpha value is -2.25. The molecule has 0 amide bonds. The van der Waals surface area contributed by atoms with Gasteiger partial charge in [0.05, 0.1) is 18.5 Å². The fourth-order valence-electron chi connectivity index (χ4n) is 2.35. The summed E-state index contributed by atoms with van der Waals surface area (Å²) in [6.45, 7) is 5.93. The Kier molecular flexibility index (Phi) is 4.64. The third-order valence-electron chi connectivity index (χ3n) is 3.46. The molecule has 0 aliphatic rings. The van der Waals surface area contributed by atoms with E-state index in [1.165, 1.54) is 29.6 Å². The van der Waals surface area contributed by atoms with Crippen LogP contribution in [0.3, 0.4) is 0 Å². The molecular formula is C17H17N2O3S2+. The zero-order valence-electron chi connectivity index (χ0n) is 13.6. The fourth-order valence-corrected chi connectivity index (χ4v) is 4.69. The van der Waals surface area contributed by atoms with Gasteiger partial charge in [0.15, 0.2) is 10.7 Å². The highest BCUT2D eigenvalue weighted by Gasteiger charge is 2.28. The van der Waals surface area contributed by atoms with E-state index in [4.69, 9.17) is 4.74 Å². The molecule has 0 saturated heterocycles. The van der Waals surface area contributed by atoms with E-state index in [1.807, 2.05) is 38.1 Å². The minimum absolute atomic E-state index is 0.0115. The van der Waals surface area contributed by atoms with E-state index in [2.05, 4.69) is 4.99 Å². The number of ether oxygens (including phenoxy) is 1. The van der Waals surface area contributed by atoms with E-state index in [1.54, 1.807) is 10.6 Å². The van der Waals surface area contributed by atoms with Gasteiger partial charge in [0, 0.05) is 13.8 Å². The molecule has 1 N–H and O–H groups in total. The number of aryl methyl sites for hydroxylation is 1. The van der Waals surface area contributed by atoms with Gasteiger partial charge in [-0.1, -0.05) is 0 Å². The van der Waals surface area contributed by atoms with Gasteiger partial charge < -0.3 is 9.84 Å². The van der Waals surface area contributed by atoms with E-state index in [9.17, 15) is 9.90 Å². The van der Waals surface area contributed by atoms with Crippen molar-refractivity contribution in [2.75, 3.05) is 6.61 Å². The van der Waals surface area contributed by atoms with Gasteiger partial charge in [-0.25, -0.2) is 0 Å². The van der Waals surface area contributed by atoms with Crippen LogP contribution in [0.5, 0.6) is 11.6 Å². The molecule has 24 heavy (non-hydrogen) atoms. The molecule has 1 aromatic carbocycles. The number of rotatable bonds is 5. The number of carbonyl (C=O) groups is 1. The van der Waals surface area contributed by atoms with Crippen molar-refractivity contribution in [2.45, 2.75) is 20.8 Å². The summed E-state index contributed by atoms with van der Waals surface area (Å²) in [5.74, 6) is 0.933. The van der Waals surface area contributed by atoms with Crippen molar-refractivity contribution in [3.05, 3.63) is 39.7 Å². The Labute approximate surface area is 147 Å². The fraction of sp³-hybridized carbons (Fsp3) is 0.235. The molecular weight excluding hydrogens is 344 g/mol. The molecule has 0 atom stereocenters. The molecule has 0 aliphatic heterocycles. The average Bonchev–Trinajstić information content (AvgIpc) is 3.04. The van der Waals surface area contributed by atoms with Crippen LogP contribution < -0.4 is 9.14 Å². The van der Waals surface area contributed by atoms with Crippen molar-refractivity contribution in [3.8, 4) is 11.6 Å². The molecule has 0 fully saturated rings. The summed E-state index contributed by atoms with van der Waals surface area (Å²) in [5, 5.41) is 10.4. The summed E-state index contributed by atoms with van der Waals surface area (Å²) >= 11 is 2.80. The summed E-state index contributed by atoms with van der Waals surface area (Å²) in [7, 11) is 0. The Morgan fingerprint density at radius 3 is 2.62 bits per heavy atom. The number of thiazole rings is 2. The summed E-state index contributed by atoms with van der Waals surface area (Å²) in [4.78, 5) is 17.3. The highest BCUT2D eigenvalue weighted by atomic mass is 32.2. The number of ketones is 1. The number of hydrogen-bond acceptors (Lipinski definition) is 6. The van der Waals surface area contributed by atoms with Gasteiger partial charge in [-0.05, 0) is 53.9 Å². The summed E-state index contributed by atoms with van der Waals surface area (Å²) in [5.41, 5.74) is 1.54. The zero-order chi connectivity index (χ0) is 17.3. The van der Waals surface area contributed by atoms with Crippen molar-refractivity contribution in [1.82, 2.24) is 0 Å². The highest BCUT2D eigenvalue weighted by Crippen LogP contribution is 2.30. The molecule has 3 aromatic rings. The van der Waals surface area contributed by atoms with E-state index in [0.717, 1.165) is 21.3 Å². The van der Waals surface area contributed by atoms with Crippen LogP contribution in [0.1, 0.15) is 34.1 Å². The van der Waals surface area contributed by atoms with Crippen LogP contribution in [0.15, 0.2) is 29.3 Å². The number of fused-ring (bicyclic) bond motifs is 1. The highest BCUT2D eigenvalue weighted by molar-refractivity contribution is 7.37. The zero-order valence-corrected chi connectivity index (χ0v) is 15.2. The summed E-state index contributed by atoms with van der Waals surface area (Å²) in [6.07, 6.45) is 1.64. The lowest BCUT2D eigenvalue weighted by molar-refractivity contribution is -0.521. The first-order valence-electron chi connectivity index (χ1n) is 7.46. The predicted molar refractivity (Wildman–Crippen MR) is 96.6 cm³/mol. The lowest BCUT2D eigenvalue weighted by atomic mass is 10.3. The molecule has 0 spiro atoms. The molecule has 2 aromatic heterocycles. The van der Waals surface area contributed by atoms with Crippen LogP contribution in [-0.4, -0.2) is 23.7 Å². The van der Waals surface area contributed by atoms with Gasteiger partial charge in [0.25, 0.3) is 0 Å². The lowest BCUT2D eigenvalue weighted by Gasteiger charge is -2.01. The monoisotopic (exact) mass is 361 g/mol. The van der Waals surface area contributed by atoms with Crippen molar-refractivity contribution < 1.29 is 19.0 Å². The topological polar surface area (TPSA) is 63.0 Å². The number of aromatic hydroxyl groups is 1. The van der Waals surface area contributed by atoms with Crippen molar-refractivity contribution in [1.29, 1.82) is 0 Å². The van der Waals surface area contributed by atoms with Crippen LogP contribution >= 0.6 is 22.7 Å². The number of aliphatic imine (C=N–C) groups is 1. The predicted octanol–water partition coefficient (Wildman–Crippen LogP) is 3.91. The Bertz CT molecular complexity index is 924. The van der Waals surface area contributed by atoms with Crippen LogP contribution in [-0.2, 0) is 0 Å². The smallest absolute Gasteiger partial charge is 0.392 e. The molecule has 0 saturated carbocycles. The number of nitrogens with zero attached hydrogens (tertiary/aromatic N) is 2. The van der Waals surface area contributed by atoms with Gasteiger partial charge >= 0.3 is 10.0 Å². The first kappa shape index (κ1) is 16.6. The van der Waals surface area contributed by atoms with Crippen molar-refractivity contribution in [3.63, 3.8) is 0 Å². The van der Waals surface area contributed by atoms with Gasteiger partial charge in [-0.2, -0.15) is 0 Å². The van der Waals surface area contributed by atoms with Crippen LogP contribution in [0.2, 0.25) is 0 Å². The minimum atomic E-state index is 0.0115. The largest absolute Gasteiger partial charge is 0.494 e. The number of hydrogen-bond donors (Lipinski definition) is 1. The van der Waals surface area contributed by atoms with E-state index in [-0.39, 0.29) is 11.7 Å². The second-order valence-electron chi connectivity index (χ2n) is 5.15. The van der Waals surface area contributed by atoms with Gasteiger partial charge in [0.1, 0.15) is 10.6 Å². The van der Waals surface area contributed by atoms with Crippen molar-refractivity contribution in [2.24, 2.45) is 4.99 Å². The Balaban J connectivity index is 1.90. The standard InChI is InChI=1S/C17H16N2O3S2/c1-4-22-13-7-5-12(6-8-13)18-9-14-16(21)19-10(2)15(11(3)20)24-17(19)23-14/h5-9H,4H2,1-3H3/p+1. The number of carbonyl (C=O) groups excluding carboxylic acids is 1. The van der Waals surface area contributed by atoms with Crippen molar-refractivity contribution >= 4 is 44.5 Å². The third-order valence-corrected chi connectivity index (χ3v) is 5.97. The van der Waals surface area contributed by atoms with Crippen LogP contribution in [0.4, 0.5) is 5.69 Å². The number of benzene rings is 1. The number of aromatic nitrogens is 1. The maximum Gasteiger partial charge on any atom is 0.392 e. The lowest BCUT2D eigenvalue weighted by Crippen LogP contribution is -2.20. The summed E-state index contributed by atoms with van der Waals surface area (Å²) in [6, 6.07) is 7.45. The second-order valence-corrected chi connectivity index (χ2v) is 7.44. The maximum atomic E-state index is 11.6. The van der Waals surface area contributed by atoms with E-state index in [0.29, 0.717) is 16.4 Å². The Morgan fingerprint density at radius 1 is 1.33 bits per heavy atom. The first-order valence-corrected chi connectivity index (χ1v) is 9.09. The molecule has 5 nitrogen and oxygen atoms in total. The molecule has 2 heterocycles. The molecule has 7 heteroatoms. The third kappa shape index (κ3) is 3.05. The van der Waals surface area contributed by atoms with Crippen LogP contribution in [0.25, 0.3) is 4.14 Å². The second kappa shape index (κ2) is 6.70.